The fourth-order valence-electron chi connectivity index (χ4n) is 3.39. The Labute approximate surface area is 139 Å². The number of aryl methyl sites for hydroxylation is 2. The Morgan fingerprint density at radius 3 is 2.82 bits per heavy atom. The van der Waals surface area contributed by atoms with E-state index in [1.54, 1.807) is 0 Å². The summed E-state index contributed by atoms with van der Waals surface area (Å²) in [4.78, 5) is 17.3. The molecule has 1 N–H and O–H groups in total. The van der Waals surface area contributed by atoms with E-state index in [0.29, 0.717) is 11.6 Å². The van der Waals surface area contributed by atoms with Gasteiger partial charge in [-0.05, 0) is 60.2 Å². The zero-order valence-electron chi connectivity index (χ0n) is 13.3. The van der Waals surface area contributed by atoms with Crippen molar-refractivity contribution in [2.45, 2.75) is 52.5 Å². The number of nitrogens with zero attached hydrogens (tertiary/aromatic N) is 2. The third kappa shape index (κ3) is 2.78. The van der Waals surface area contributed by atoms with Crippen LogP contribution in [0.1, 0.15) is 54.4 Å². The van der Waals surface area contributed by atoms with Gasteiger partial charge in [-0.3, -0.25) is 9.20 Å². The van der Waals surface area contributed by atoms with Crippen molar-refractivity contribution in [2.75, 3.05) is 0 Å². The van der Waals surface area contributed by atoms with E-state index < -0.39 is 0 Å². The third-order valence-corrected chi connectivity index (χ3v) is 5.21. The fraction of sp³-hybridized carbons (Fsp3) is 0.529. The highest BCUT2D eigenvalue weighted by atomic mass is 79.9. The summed E-state index contributed by atoms with van der Waals surface area (Å²) in [5.41, 5.74) is 3.31. The summed E-state index contributed by atoms with van der Waals surface area (Å²) in [6, 6.07) is 2.30. The van der Waals surface area contributed by atoms with E-state index >= 15 is 0 Å². The lowest BCUT2D eigenvalue weighted by Gasteiger charge is -2.29. The lowest BCUT2D eigenvalue weighted by Crippen LogP contribution is -2.41. The summed E-state index contributed by atoms with van der Waals surface area (Å²) in [6.45, 7) is 6.14. The molecule has 0 bridgehead atoms. The normalized spacial score (nSPS) is 22.0. The minimum Gasteiger partial charge on any atom is -0.348 e. The van der Waals surface area contributed by atoms with Crippen molar-refractivity contribution in [3.05, 3.63) is 33.7 Å². The number of hydrogen-bond donors (Lipinski definition) is 1. The fourth-order valence-corrected chi connectivity index (χ4v) is 4.03. The second-order valence-corrected chi connectivity index (χ2v) is 7.30. The van der Waals surface area contributed by atoms with Gasteiger partial charge in [0.2, 0.25) is 0 Å². The van der Waals surface area contributed by atoms with Crippen LogP contribution in [0.3, 0.4) is 0 Å². The second kappa shape index (κ2) is 6.03. The van der Waals surface area contributed by atoms with E-state index in [4.69, 9.17) is 0 Å². The van der Waals surface area contributed by atoms with Crippen LogP contribution in [-0.4, -0.2) is 21.3 Å². The monoisotopic (exact) mass is 363 g/mol. The first-order valence-electron chi connectivity index (χ1n) is 7.93. The first-order chi connectivity index (χ1) is 10.5. The highest BCUT2D eigenvalue weighted by Gasteiger charge is 2.26. The molecule has 4 nitrogen and oxygen atoms in total. The lowest BCUT2D eigenvalue weighted by molar-refractivity contribution is 0.0903. The number of nitrogens with one attached hydrogen (secondary N) is 1. The molecule has 2 heterocycles. The van der Waals surface area contributed by atoms with Crippen molar-refractivity contribution in [2.24, 2.45) is 5.92 Å². The third-order valence-electron chi connectivity index (χ3n) is 4.63. The molecule has 1 saturated carbocycles. The number of hydrogen-bond acceptors (Lipinski definition) is 2. The van der Waals surface area contributed by atoms with Crippen LogP contribution in [0.5, 0.6) is 0 Å². The number of aromatic nitrogens is 2. The maximum atomic E-state index is 12.8. The van der Waals surface area contributed by atoms with E-state index in [1.807, 2.05) is 30.5 Å². The molecule has 2 atom stereocenters. The molecule has 0 aromatic carbocycles. The first kappa shape index (κ1) is 15.5. The average Bonchev–Trinajstić information content (AvgIpc) is 2.78. The first-order valence-corrected chi connectivity index (χ1v) is 8.72. The van der Waals surface area contributed by atoms with Crippen molar-refractivity contribution in [3.8, 4) is 0 Å². The Balaban J connectivity index is 1.95. The molecule has 2 unspecified atom stereocenters. The van der Waals surface area contributed by atoms with E-state index in [9.17, 15) is 4.79 Å². The molecule has 2 aromatic rings. The SMILES string of the molecule is Cc1cc(Br)c2nc(C)c(C(=O)NC3CCCCC3C)n2c1. The molecule has 5 heteroatoms. The van der Waals surface area contributed by atoms with Crippen LogP contribution in [0.15, 0.2) is 16.7 Å². The molecule has 3 rings (SSSR count). The van der Waals surface area contributed by atoms with Crippen molar-refractivity contribution in [1.82, 2.24) is 14.7 Å². The van der Waals surface area contributed by atoms with Crippen LogP contribution in [0.2, 0.25) is 0 Å². The number of amides is 1. The van der Waals surface area contributed by atoms with Gasteiger partial charge in [0.25, 0.3) is 5.91 Å². The van der Waals surface area contributed by atoms with Crippen LogP contribution < -0.4 is 5.32 Å². The molecule has 0 spiro atoms. The van der Waals surface area contributed by atoms with Crippen LogP contribution >= 0.6 is 15.9 Å². The summed E-state index contributed by atoms with van der Waals surface area (Å²) in [5.74, 6) is 0.534. The summed E-state index contributed by atoms with van der Waals surface area (Å²) in [5, 5.41) is 3.23. The largest absolute Gasteiger partial charge is 0.348 e. The number of carbonyl (C=O) groups excluding carboxylic acids is 1. The Morgan fingerprint density at radius 2 is 2.09 bits per heavy atom. The van der Waals surface area contributed by atoms with Gasteiger partial charge in [0.1, 0.15) is 5.69 Å². The van der Waals surface area contributed by atoms with Crippen molar-refractivity contribution < 1.29 is 4.79 Å². The Bertz CT molecular complexity index is 722. The van der Waals surface area contributed by atoms with Gasteiger partial charge in [-0.15, -0.1) is 0 Å². The molecule has 2 aromatic heterocycles. The molecule has 0 saturated heterocycles. The van der Waals surface area contributed by atoms with Gasteiger partial charge in [-0.25, -0.2) is 4.98 Å². The molecule has 0 radical (unpaired) electrons. The maximum Gasteiger partial charge on any atom is 0.270 e. The number of imidazole rings is 1. The Kier molecular flexibility index (Phi) is 4.26. The Hall–Kier alpha value is -1.36. The number of rotatable bonds is 2. The predicted octanol–water partition coefficient (Wildman–Crippen LogP) is 4.02. The molecular weight excluding hydrogens is 342 g/mol. The molecule has 118 valence electrons. The zero-order valence-corrected chi connectivity index (χ0v) is 14.9. The predicted molar refractivity (Wildman–Crippen MR) is 91.3 cm³/mol. The number of fused-ring (bicyclic) bond motifs is 1. The summed E-state index contributed by atoms with van der Waals surface area (Å²) in [6.07, 6.45) is 6.72. The molecule has 1 aliphatic rings. The lowest BCUT2D eigenvalue weighted by atomic mass is 9.86. The van der Waals surface area contributed by atoms with Gasteiger partial charge < -0.3 is 5.32 Å². The molecule has 1 fully saturated rings. The molecule has 1 aliphatic carbocycles. The maximum absolute atomic E-state index is 12.8. The van der Waals surface area contributed by atoms with Crippen LogP contribution in [0.4, 0.5) is 0 Å². The number of carbonyl (C=O) groups is 1. The van der Waals surface area contributed by atoms with Crippen LogP contribution in [-0.2, 0) is 0 Å². The van der Waals surface area contributed by atoms with Crippen LogP contribution in [0, 0.1) is 19.8 Å². The van der Waals surface area contributed by atoms with Crippen molar-refractivity contribution in [1.29, 1.82) is 0 Å². The van der Waals surface area contributed by atoms with Gasteiger partial charge in [0, 0.05) is 12.2 Å². The van der Waals surface area contributed by atoms with Crippen LogP contribution in [0.25, 0.3) is 5.65 Å². The van der Waals surface area contributed by atoms with Gasteiger partial charge in [-0.2, -0.15) is 0 Å². The van der Waals surface area contributed by atoms with E-state index in [1.165, 1.54) is 19.3 Å². The minimum absolute atomic E-state index is 0.0127. The average molecular weight is 364 g/mol. The van der Waals surface area contributed by atoms with Gasteiger partial charge >= 0.3 is 0 Å². The molecule has 1 amide bonds. The van der Waals surface area contributed by atoms with E-state index in [0.717, 1.165) is 27.8 Å². The van der Waals surface area contributed by atoms with Gasteiger partial charge in [0.15, 0.2) is 5.65 Å². The highest BCUT2D eigenvalue weighted by Crippen LogP contribution is 2.25. The van der Waals surface area contributed by atoms with Crippen molar-refractivity contribution in [3.63, 3.8) is 0 Å². The smallest absolute Gasteiger partial charge is 0.270 e. The van der Waals surface area contributed by atoms with E-state index in [2.05, 4.69) is 33.2 Å². The summed E-state index contributed by atoms with van der Waals surface area (Å²) < 4.78 is 2.82. The minimum atomic E-state index is -0.0127. The standard InChI is InChI=1S/C17H22BrN3O/c1-10-8-13(18)16-19-12(3)15(21(16)9-10)17(22)20-14-7-5-4-6-11(14)2/h8-9,11,14H,4-7H2,1-3H3,(H,20,22). The second-order valence-electron chi connectivity index (χ2n) is 6.45. The summed E-state index contributed by atoms with van der Waals surface area (Å²) >= 11 is 3.54. The molecule has 0 aliphatic heterocycles. The Morgan fingerprint density at radius 1 is 1.36 bits per heavy atom. The van der Waals surface area contributed by atoms with Gasteiger partial charge in [-0.1, -0.05) is 19.8 Å². The molecule has 22 heavy (non-hydrogen) atoms. The molecular formula is C17H22BrN3O. The zero-order chi connectivity index (χ0) is 15.9. The number of halogens is 1. The quantitative estimate of drug-likeness (QED) is 0.875. The van der Waals surface area contributed by atoms with Gasteiger partial charge in [0.05, 0.1) is 10.2 Å². The highest BCUT2D eigenvalue weighted by molar-refractivity contribution is 9.10. The van der Waals surface area contributed by atoms with E-state index in [-0.39, 0.29) is 11.9 Å². The number of pyridine rings is 1. The summed E-state index contributed by atoms with van der Waals surface area (Å²) in [7, 11) is 0. The van der Waals surface area contributed by atoms with Crippen molar-refractivity contribution >= 4 is 27.5 Å². The topological polar surface area (TPSA) is 46.4 Å².